The Hall–Kier alpha value is -5.97. The Morgan fingerprint density at radius 2 is 1.47 bits per heavy atom. The number of methoxy groups -OCH3 is 1. The van der Waals surface area contributed by atoms with Crippen molar-refractivity contribution < 1.29 is 38.1 Å². The van der Waals surface area contributed by atoms with Crippen molar-refractivity contribution >= 4 is 35.7 Å². The Morgan fingerprint density at radius 1 is 0.756 bits per heavy atom. The van der Waals surface area contributed by atoms with E-state index in [1.165, 1.54) is 44.5 Å². The highest BCUT2D eigenvalue weighted by molar-refractivity contribution is 6.05. The molecule has 0 saturated carbocycles. The van der Waals surface area contributed by atoms with Gasteiger partial charge in [-0.2, -0.15) is 5.10 Å². The summed E-state index contributed by atoms with van der Waals surface area (Å²) in [5.74, 6) is -1.00. The van der Waals surface area contributed by atoms with Crippen molar-refractivity contribution in [3.63, 3.8) is 0 Å². The topological polar surface area (TPSA) is 142 Å². The zero-order valence-electron chi connectivity index (χ0n) is 25.1. The van der Waals surface area contributed by atoms with Crippen molar-refractivity contribution in [1.29, 1.82) is 0 Å². The van der Waals surface area contributed by atoms with Crippen LogP contribution in [0.5, 0.6) is 23.0 Å². The first-order chi connectivity index (χ1) is 21.7. The summed E-state index contributed by atoms with van der Waals surface area (Å²) in [6.07, 6.45) is 1.42. The van der Waals surface area contributed by atoms with Gasteiger partial charge in [-0.15, -0.1) is 0 Å². The second-order valence-electron chi connectivity index (χ2n) is 9.59. The predicted molar refractivity (Wildman–Crippen MR) is 168 cm³/mol. The zero-order chi connectivity index (χ0) is 32.3. The molecule has 0 unspecified atom stereocenters. The number of amides is 2. The maximum absolute atomic E-state index is 12.8. The van der Waals surface area contributed by atoms with Gasteiger partial charge in [0.25, 0.3) is 11.8 Å². The van der Waals surface area contributed by atoms with Gasteiger partial charge in [-0.25, -0.2) is 10.2 Å². The minimum atomic E-state index is -0.519. The molecule has 11 nitrogen and oxygen atoms in total. The largest absolute Gasteiger partial charge is 0.493 e. The lowest BCUT2D eigenvalue weighted by Crippen LogP contribution is -2.18. The molecular weight excluding hydrogens is 578 g/mol. The quantitative estimate of drug-likeness (QED) is 0.0974. The molecule has 4 aromatic rings. The molecule has 0 aromatic heterocycles. The summed E-state index contributed by atoms with van der Waals surface area (Å²) in [5.41, 5.74) is 5.28. The van der Waals surface area contributed by atoms with Gasteiger partial charge in [0.1, 0.15) is 0 Å². The van der Waals surface area contributed by atoms with Gasteiger partial charge in [-0.3, -0.25) is 14.4 Å². The molecule has 45 heavy (non-hydrogen) atoms. The summed E-state index contributed by atoms with van der Waals surface area (Å²) in [6.45, 7) is 5.30. The van der Waals surface area contributed by atoms with E-state index in [9.17, 15) is 19.2 Å². The molecule has 0 atom stereocenters. The van der Waals surface area contributed by atoms with Crippen LogP contribution in [0.1, 0.15) is 56.0 Å². The van der Waals surface area contributed by atoms with E-state index in [0.29, 0.717) is 29.2 Å². The number of hydrogen-bond donors (Lipinski definition) is 2. The molecular formula is C34H31N3O8. The highest BCUT2D eigenvalue weighted by atomic mass is 16.6. The van der Waals surface area contributed by atoms with Gasteiger partial charge in [0.15, 0.2) is 23.0 Å². The molecule has 2 amide bonds. The van der Waals surface area contributed by atoms with E-state index in [1.807, 2.05) is 19.9 Å². The van der Waals surface area contributed by atoms with E-state index < -0.39 is 23.8 Å². The van der Waals surface area contributed by atoms with Crippen molar-refractivity contribution in [3.8, 4) is 23.0 Å². The molecule has 11 heteroatoms. The van der Waals surface area contributed by atoms with Gasteiger partial charge in [0.05, 0.1) is 25.5 Å². The molecule has 0 bridgehead atoms. The molecule has 230 valence electrons. The van der Waals surface area contributed by atoms with Gasteiger partial charge in [-0.05, 0) is 86.1 Å². The molecule has 0 fully saturated rings. The normalized spacial score (nSPS) is 10.6. The lowest BCUT2D eigenvalue weighted by molar-refractivity contribution is -0.132. The third kappa shape index (κ3) is 8.77. The molecule has 0 radical (unpaired) electrons. The second-order valence-corrected chi connectivity index (χ2v) is 9.59. The molecule has 0 aliphatic heterocycles. The minimum absolute atomic E-state index is 0.187. The van der Waals surface area contributed by atoms with Crippen molar-refractivity contribution in [1.82, 2.24) is 5.43 Å². The molecule has 0 spiro atoms. The van der Waals surface area contributed by atoms with Crippen LogP contribution >= 0.6 is 0 Å². The van der Waals surface area contributed by atoms with Gasteiger partial charge in [-0.1, -0.05) is 23.8 Å². The summed E-state index contributed by atoms with van der Waals surface area (Å²) >= 11 is 0. The first-order valence-electron chi connectivity index (χ1n) is 13.8. The van der Waals surface area contributed by atoms with Gasteiger partial charge < -0.3 is 24.3 Å². The van der Waals surface area contributed by atoms with Crippen LogP contribution in [0.15, 0.2) is 90.0 Å². The first kappa shape index (κ1) is 32.0. The summed E-state index contributed by atoms with van der Waals surface area (Å²) in [4.78, 5) is 49.5. The van der Waals surface area contributed by atoms with E-state index in [4.69, 9.17) is 18.9 Å². The third-order valence-electron chi connectivity index (χ3n) is 6.17. The maximum Gasteiger partial charge on any atom is 0.343 e. The average Bonchev–Trinajstić information content (AvgIpc) is 3.02. The highest BCUT2D eigenvalue weighted by Crippen LogP contribution is 2.30. The summed E-state index contributed by atoms with van der Waals surface area (Å²) in [6, 6.07) is 22.7. The highest BCUT2D eigenvalue weighted by Gasteiger charge is 2.15. The molecule has 0 aliphatic carbocycles. The van der Waals surface area contributed by atoms with Crippen LogP contribution < -0.4 is 29.7 Å². The van der Waals surface area contributed by atoms with Gasteiger partial charge in [0.2, 0.25) is 0 Å². The number of anilines is 1. The number of carbonyl (C=O) groups is 4. The Balaban J connectivity index is 1.39. The lowest BCUT2D eigenvalue weighted by atomic mass is 10.1. The van der Waals surface area contributed by atoms with Crippen LogP contribution in [0.4, 0.5) is 5.69 Å². The SMILES string of the molecule is CCOc1cc(C=NNC(=O)c2cccc(NC(=O)c3ccc(OC(C)=O)c(OC)c3)c2)ccc1OC(=O)c1cccc(C)c1. The van der Waals surface area contributed by atoms with Crippen molar-refractivity contribution in [2.24, 2.45) is 5.10 Å². The number of carbonyl (C=O) groups excluding carboxylic acids is 4. The van der Waals surface area contributed by atoms with Crippen molar-refractivity contribution in [3.05, 3.63) is 113 Å². The van der Waals surface area contributed by atoms with E-state index in [-0.39, 0.29) is 28.4 Å². The van der Waals surface area contributed by atoms with Crippen LogP contribution in [0.2, 0.25) is 0 Å². The molecule has 4 rings (SSSR count). The van der Waals surface area contributed by atoms with Crippen molar-refractivity contribution in [2.75, 3.05) is 19.0 Å². The van der Waals surface area contributed by atoms with Gasteiger partial charge in [0, 0.05) is 23.7 Å². The minimum Gasteiger partial charge on any atom is -0.493 e. The molecule has 0 saturated heterocycles. The Bertz CT molecular complexity index is 1770. The number of aryl methyl sites for hydroxylation is 1. The fraction of sp³-hybridized carbons (Fsp3) is 0.147. The summed E-state index contributed by atoms with van der Waals surface area (Å²) < 4.78 is 21.5. The van der Waals surface area contributed by atoms with E-state index in [0.717, 1.165) is 5.56 Å². The molecule has 4 aromatic carbocycles. The number of hydrazone groups is 1. The average molecular weight is 610 g/mol. The smallest absolute Gasteiger partial charge is 0.343 e. The Morgan fingerprint density at radius 3 is 2.20 bits per heavy atom. The number of nitrogens with one attached hydrogen (secondary N) is 2. The number of nitrogens with zero attached hydrogens (tertiary/aromatic N) is 1. The number of ether oxygens (including phenoxy) is 4. The van der Waals surface area contributed by atoms with Crippen LogP contribution in [-0.4, -0.2) is 43.7 Å². The number of hydrogen-bond acceptors (Lipinski definition) is 9. The number of esters is 2. The van der Waals surface area contributed by atoms with Crippen LogP contribution in [0.3, 0.4) is 0 Å². The molecule has 2 N–H and O–H groups in total. The van der Waals surface area contributed by atoms with Crippen LogP contribution in [0, 0.1) is 6.92 Å². The summed E-state index contributed by atoms with van der Waals surface area (Å²) in [7, 11) is 1.39. The maximum atomic E-state index is 12.8. The van der Waals surface area contributed by atoms with E-state index in [1.54, 1.807) is 54.6 Å². The fourth-order valence-electron chi connectivity index (χ4n) is 4.11. The van der Waals surface area contributed by atoms with Crippen LogP contribution in [0.25, 0.3) is 0 Å². The zero-order valence-corrected chi connectivity index (χ0v) is 25.1. The Labute approximate surface area is 259 Å². The first-order valence-corrected chi connectivity index (χ1v) is 13.8. The van der Waals surface area contributed by atoms with Crippen molar-refractivity contribution in [2.45, 2.75) is 20.8 Å². The van der Waals surface area contributed by atoms with E-state index in [2.05, 4.69) is 15.8 Å². The summed E-state index contributed by atoms with van der Waals surface area (Å²) in [5, 5.41) is 6.75. The van der Waals surface area contributed by atoms with Crippen LogP contribution in [-0.2, 0) is 4.79 Å². The Kier molecular flexibility index (Phi) is 10.6. The monoisotopic (exact) mass is 609 g/mol. The predicted octanol–water partition coefficient (Wildman–Crippen LogP) is 5.56. The third-order valence-corrected chi connectivity index (χ3v) is 6.17. The molecule has 0 heterocycles. The second kappa shape index (κ2) is 15.0. The molecule has 0 aliphatic rings. The number of rotatable bonds is 11. The van der Waals surface area contributed by atoms with Gasteiger partial charge >= 0.3 is 11.9 Å². The fourth-order valence-corrected chi connectivity index (χ4v) is 4.11. The number of benzene rings is 4. The van der Waals surface area contributed by atoms with E-state index >= 15 is 0 Å². The lowest BCUT2D eigenvalue weighted by Gasteiger charge is -2.11. The standard InChI is InChI=1S/C34H31N3O8/c1-5-43-31-17-23(12-14-29(31)45-34(41)26-10-6-8-21(2)16-26)20-35-37-33(40)24-9-7-11-27(18-24)36-32(39)25-13-15-28(44-22(3)38)30(19-25)42-4/h6-20H,5H2,1-4H3,(H,36,39)(H,37,40).